The molecule has 3 heteroatoms. The van der Waals surface area contributed by atoms with Crippen LogP contribution in [-0.4, -0.2) is 24.0 Å². The van der Waals surface area contributed by atoms with Gasteiger partial charge in [-0.3, -0.25) is 4.79 Å². The Kier molecular flexibility index (Phi) is 4.36. The molecule has 1 amide bonds. The molecular formula is C13H26N2O. The Morgan fingerprint density at radius 1 is 1.31 bits per heavy atom. The number of amides is 1. The lowest BCUT2D eigenvalue weighted by Crippen LogP contribution is -2.50. The van der Waals surface area contributed by atoms with Crippen molar-refractivity contribution in [3.63, 3.8) is 0 Å². The van der Waals surface area contributed by atoms with Gasteiger partial charge in [0.2, 0.25) is 5.91 Å². The van der Waals surface area contributed by atoms with Crippen LogP contribution < -0.4 is 10.6 Å². The first-order valence-electron chi connectivity index (χ1n) is 6.32. The summed E-state index contributed by atoms with van der Waals surface area (Å²) in [5, 5.41) is 6.27. The zero-order chi connectivity index (χ0) is 12.3. The average molecular weight is 226 g/mol. The quantitative estimate of drug-likeness (QED) is 0.769. The van der Waals surface area contributed by atoms with Crippen molar-refractivity contribution in [2.45, 2.75) is 59.0 Å². The van der Waals surface area contributed by atoms with E-state index in [2.05, 4.69) is 24.5 Å². The molecule has 0 aromatic rings. The highest BCUT2D eigenvalue weighted by molar-refractivity contribution is 5.78. The third-order valence-corrected chi connectivity index (χ3v) is 3.18. The molecule has 0 saturated heterocycles. The number of carbonyl (C=O) groups excluding carboxylic acids is 1. The Balaban J connectivity index is 2.11. The van der Waals surface area contributed by atoms with Crippen LogP contribution in [0.3, 0.4) is 0 Å². The molecule has 0 spiro atoms. The van der Waals surface area contributed by atoms with Gasteiger partial charge < -0.3 is 10.6 Å². The van der Waals surface area contributed by atoms with E-state index in [0.29, 0.717) is 12.6 Å². The molecule has 0 atom stereocenters. The van der Waals surface area contributed by atoms with Crippen LogP contribution in [0.15, 0.2) is 0 Å². The molecular weight excluding hydrogens is 200 g/mol. The third kappa shape index (κ3) is 4.52. The first kappa shape index (κ1) is 13.5. The van der Waals surface area contributed by atoms with E-state index in [4.69, 9.17) is 0 Å². The second-order valence-electron chi connectivity index (χ2n) is 6.35. The predicted octanol–water partition coefficient (Wildman–Crippen LogP) is 1.93. The van der Waals surface area contributed by atoms with Gasteiger partial charge in [-0.15, -0.1) is 0 Å². The van der Waals surface area contributed by atoms with Crippen molar-refractivity contribution < 1.29 is 4.79 Å². The Bertz CT molecular complexity index is 237. The molecule has 0 heterocycles. The first-order chi connectivity index (χ1) is 7.28. The molecule has 2 N–H and O–H groups in total. The van der Waals surface area contributed by atoms with Crippen molar-refractivity contribution in [2.75, 3.05) is 6.54 Å². The summed E-state index contributed by atoms with van der Waals surface area (Å²) in [5.74, 6) is 1.73. The molecule has 0 aromatic heterocycles. The maximum absolute atomic E-state index is 11.5. The molecule has 1 fully saturated rings. The van der Waals surface area contributed by atoms with Gasteiger partial charge in [-0.2, -0.15) is 0 Å². The van der Waals surface area contributed by atoms with Crippen molar-refractivity contribution in [3.05, 3.63) is 0 Å². The molecule has 0 radical (unpaired) electrons. The van der Waals surface area contributed by atoms with Crippen molar-refractivity contribution in [1.29, 1.82) is 0 Å². The van der Waals surface area contributed by atoms with Gasteiger partial charge in [0, 0.05) is 11.6 Å². The Labute approximate surface area is 99.4 Å². The van der Waals surface area contributed by atoms with Crippen molar-refractivity contribution >= 4 is 5.91 Å². The van der Waals surface area contributed by atoms with E-state index in [1.807, 2.05) is 20.8 Å². The molecule has 1 rings (SSSR count). The zero-order valence-corrected chi connectivity index (χ0v) is 11.3. The predicted molar refractivity (Wildman–Crippen MR) is 67.2 cm³/mol. The maximum atomic E-state index is 11.5. The highest BCUT2D eigenvalue weighted by Gasteiger charge is 2.31. The van der Waals surface area contributed by atoms with Gasteiger partial charge in [0.05, 0.1) is 6.54 Å². The van der Waals surface area contributed by atoms with Gasteiger partial charge in [-0.05, 0) is 45.4 Å². The Morgan fingerprint density at radius 3 is 2.31 bits per heavy atom. The van der Waals surface area contributed by atoms with Crippen molar-refractivity contribution in [1.82, 2.24) is 10.6 Å². The first-order valence-corrected chi connectivity index (χ1v) is 6.32. The second-order valence-corrected chi connectivity index (χ2v) is 6.35. The van der Waals surface area contributed by atoms with Gasteiger partial charge in [0.15, 0.2) is 0 Å². The van der Waals surface area contributed by atoms with Crippen LogP contribution in [-0.2, 0) is 4.79 Å². The minimum Gasteiger partial charge on any atom is -0.350 e. The number of carbonyl (C=O) groups is 1. The summed E-state index contributed by atoms with van der Waals surface area (Å²) < 4.78 is 0. The summed E-state index contributed by atoms with van der Waals surface area (Å²) in [5.41, 5.74) is -0.126. The zero-order valence-electron chi connectivity index (χ0n) is 11.3. The van der Waals surface area contributed by atoms with E-state index in [0.717, 1.165) is 11.8 Å². The maximum Gasteiger partial charge on any atom is 0.234 e. The third-order valence-electron chi connectivity index (χ3n) is 3.18. The summed E-state index contributed by atoms with van der Waals surface area (Å²) in [4.78, 5) is 11.5. The van der Waals surface area contributed by atoms with Crippen molar-refractivity contribution in [2.24, 2.45) is 11.8 Å². The van der Waals surface area contributed by atoms with Gasteiger partial charge in [0.1, 0.15) is 0 Å². The minimum absolute atomic E-state index is 0.0977. The van der Waals surface area contributed by atoms with Crippen LogP contribution >= 0.6 is 0 Å². The molecule has 0 aromatic carbocycles. The van der Waals surface area contributed by atoms with E-state index in [1.165, 1.54) is 12.8 Å². The van der Waals surface area contributed by atoms with E-state index in [-0.39, 0.29) is 11.4 Å². The SMILES string of the molecule is CC(C)C1CC(NCC(=O)NC(C)(C)C)C1. The van der Waals surface area contributed by atoms with Crippen LogP contribution in [0.4, 0.5) is 0 Å². The van der Waals surface area contributed by atoms with Crippen LogP contribution in [0.5, 0.6) is 0 Å². The van der Waals surface area contributed by atoms with Crippen LogP contribution in [0, 0.1) is 11.8 Å². The monoisotopic (exact) mass is 226 g/mol. The second kappa shape index (κ2) is 5.17. The Hall–Kier alpha value is -0.570. The van der Waals surface area contributed by atoms with Gasteiger partial charge >= 0.3 is 0 Å². The molecule has 1 aliphatic carbocycles. The lowest BCUT2D eigenvalue weighted by atomic mass is 9.74. The number of hydrogen-bond acceptors (Lipinski definition) is 2. The fourth-order valence-electron chi connectivity index (χ4n) is 2.07. The smallest absolute Gasteiger partial charge is 0.234 e. The fourth-order valence-corrected chi connectivity index (χ4v) is 2.07. The summed E-state index contributed by atoms with van der Waals surface area (Å²) in [6, 6.07) is 0.554. The summed E-state index contributed by atoms with van der Waals surface area (Å²) in [6.07, 6.45) is 2.45. The largest absolute Gasteiger partial charge is 0.350 e. The molecule has 94 valence electrons. The molecule has 3 nitrogen and oxygen atoms in total. The van der Waals surface area contributed by atoms with Crippen LogP contribution in [0.2, 0.25) is 0 Å². The molecule has 0 unspecified atom stereocenters. The number of rotatable bonds is 4. The van der Waals surface area contributed by atoms with Crippen molar-refractivity contribution in [3.8, 4) is 0 Å². The summed E-state index contributed by atoms with van der Waals surface area (Å²) in [7, 11) is 0. The molecule has 0 aliphatic heterocycles. The Morgan fingerprint density at radius 2 is 1.88 bits per heavy atom. The lowest BCUT2D eigenvalue weighted by Gasteiger charge is -2.38. The van der Waals surface area contributed by atoms with Crippen LogP contribution in [0.1, 0.15) is 47.5 Å². The highest BCUT2D eigenvalue weighted by Crippen LogP contribution is 2.33. The van der Waals surface area contributed by atoms with Crippen LogP contribution in [0.25, 0.3) is 0 Å². The summed E-state index contributed by atoms with van der Waals surface area (Å²) in [6.45, 7) is 11.0. The van der Waals surface area contributed by atoms with Gasteiger partial charge in [-0.1, -0.05) is 13.8 Å². The lowest BCUT2D eigenvalue weighted by molar-refractivity contribution is -0.121. The van der Waals surface area contributed by atoms with Gasteiger partial charge in [0.25, 0.3) is 0 Å². The number of nitrogens with one attached hydrogen (secondary N) is 2. The molecule has 0 bridgehead atoms. The molecule has 1 aliphatic rings. The standard InChI is InChI=1S/C13H26N2O/c1-9(2)10-6-11(7-10)14-8-12(16)15-13(3,4)5/h9-11,14H,6-8H2,1-5H3,(H,15,16). The van der Waals surface area contributed by atoms with E-state index < -0.39 is 0 Å². The molecule has 1 saturated carbocycles. The topological polar surface area (TPSA) is 41.1 Å². The highest BCUT2D eigenvalue weighted by atomic mass is 16.2. The van der Waals surface area contributed by atoms with E-state index in [9.17, 15) is 4.79 Å². The normalized spacial score (nSPS) is 25.4. The minimum atomic E-state index is -0.126. The summed E-state index contributed by atoms with van der Waals surface area (Å²) >= 11 is 0. The average Bonchev–Trinajstić information content (AvgIpc) is 1.96. The van der Waals surface area contributed by atoms with Gasteiger partial charge in [-0.25, -0.2) is 0 Å². The van der Waals surface area contributed by atoms with E-state index >= 15 is 0 Å². The fraction of sp³-hybridized carbons (Fsp3) is 0.923. The molecule has 16 heavy (non-hydrogen) atoms. The van der Waals surface area contributed by atoms with E-state index in [1.54, 1.807) is 0 Å². The number of hydrogen-bond donors (Lipinski definition) is 2.